The van der Waals surface area contributed by atoms with E-state index in [2.05, 4.69) is 25.2 Å². The highest BCUT2D eigenvalue weighted by Gasteiger charge is 2.21. The molecule has 0 spiro atoms. The molecule has 1 N–H and O–H groups in total. The fourth-order valence-corrected chi connectivity index (χ4v) is 2.31. The van der Waals surface area contributed by atoms with E-state index in [0.717, 1.165) is 17.0 Å². The number of rotatable bonds is 5. The number of nitrogens with zero attached hydrogens (tertiary/aromatic N) is 3. The number of hydrogen-bond acceptors (Lipinski definition) is 8. The molecule has 20 heavy (non-hydrogen) atoms. The second kappa shape index (κ2) is 6.20. The monoisotopic (exact) mass is 292 g/mol. The first kappa shape index (κ1) is 14.1. The van der Waals surface area contributed by atoms with Crippen LogP contribution in [-0.4, -0.2) is 34.0 Å². The van der Waals surface area contributed by atoms with Crippen LogP contribution in [0, 0.1) is 0 Å². The van der Waals surface area contributed by atoms with Gasteiger partial charge in [0.1, 0.15) is 4.88 Å². The molecule has 2 heterocycles. The zero-order chi connectivity index (χ0) is 14.5. The predicted octanol–water partition coefficient (Wildman–Crippen LogP) is 1.53. The van der Waals surface area contributed by atoms with Gasteiger partial charge in [0, 0.05) is 13.1 Å². The minimum Gasteiger partial charge on any atom is -0.464 e. The lowest BCUT2D eigenvalue weighted by Gasteiger charge is -2.00. The summed E-state index contributed by atoms with van der Waals surface area (Å²) in [4.78, 5) is 27.4. The number of methoxy groups -OCH3 is 1. The van der Waals surface area contributed by atoms with Crippen LogP contribution in [0.5, 0.6) is 0 Å². The first-order chi connectivity index (χ1) is 9.61. The highest BCUT2D eigenvalue weighted by Crippen LogP contribution is 2.24. The smallest absolute Gasteiger partial charge is 0.358 e. The number of anilines is 1. The molecule has 7 nitrogen and oxygen atoms in total. The van der Waals surface area contributed by atoms with Crippen molar-refractivity contribution in [1.82, 2.24) is 15.2 Å². The van der Waals surface area contributed by atoms with E-state index in [0.29, 0.717) is 11.7 Å². The van der Waals surface area contributed by atoms with Crippen LogP contribution in [0.2, 0.25) is 0 Å². The minimum absolute atomic E-state index is 0.0339. The van der Waals surface area contributed by atoms with E-state index >= 15 is 0 Å². The fourth-order valence-electron chi connectivity index (χ4n) is 1.46. The van der Waals surface area contributed by atoms with Gasteiger partial charge in [0.25, 0.3) is 0 Å². The predicted molar refractivity (Wildman–Crippen MR) is 72.8 cm³/mol. The van der Waals surface area contributed by atoms with Crippen LogP contribution < -0.4 is 5.32 Å². The molecule has 0 amide bonds. The van der Waals surface area contributed by atoms with Crippen LogP contribution in [0.3, 0.4) is 0 Å². The molecule has 0 saturated heterocycles. The van der Waals surface area contributed by atoms with Crippen LogP contribution in [0.1, 0.15) is 32.8 Å². The van der Waals surface area contributed by atoms with Gasteiger partial charge in [-0.15, -0.1) is 0 Å². The van der Waals surface area contributed by atoms with Crippen LogP contribution in [-0.2, 0) is 11.3 Å². The van der Waals surface area contributed by atoms with Gasteiger partial charge in [-0.3, -0.25) is 4.79 Å². The molecule has 0 aromatic carbocycles. The van der Waals surface area contributed by atoms with Crippen molar-refractivity contribution >= 4 is 28.2 Å². The molecular weight excluding hydrogens is 280 g/mol. The van der Waals surface area contributed by atoms with Crippen molar-refractivity contribution < 1.29 is 14.3 Å². The summed E-state index contributed by atoms with van der Waals surface area (Å²) >= 11 is 1.11. The molecule has 2 aromatic heterocycles. The van der Waals surface area contributed by atoms with Crippen molar-refractivity contribution in [2.24, 2.45) is 0 Å². The van der Waals surface area contributed by atoms with Crippen molar-refractivity contribution in [2.75, 3.05) is 12.4 Å². The number of thiazole rings is 1. The van der Waals surface area contributed by atoms with E-state index in [1.165, 1.54) is 14.0 Å². The summed E-state index contributed by atoms with van der Waals surface area (Å²) in [5, 5.41) is 11.1. The second-order valence-corrected chi connectivity index (χ2v) is 4.81. The van der Waals surface area contributed by atoms with Gasteiger partial charge >= 0.3 is 5.97 Å². The molecule has 104 valence electrons. The molecule has 0 aliphatic heterocycles. The maximum Gasteiger partial charge on any atom is 0.358 e. The van der Waals surface area contributed by atoms with E-state index in [1.54, 1.807) is 18.3 Å². The quantitative estimate of drug-likeness (QED) is 0.659. The lowest BCUT2D eigenvalue weighted by atomic mass is 10.3. The molecule has 0 atom stereocenters. The maximum absolute atomic E-state index is 11.5. The third-order valence-corrected chi connectivity index (χ3v) is 3.49. The van der Waals surface area contributed by atoms with Crippen molar-refractivity contribution in [3.63, 3.8) is 0 Å². The molecule has 0 saturated carbocycles. The average Bonchev–Trinajstić information content (AvgIpc) is 2.90. The van der Waals surface area contributed by atoms with Crippen LogP contribution in [0.4, 0.5) is 5.13 Å². The van der Waals surface area contributed by atoms with E-state index in [4.69, 9.17) is 0 Å². The van der Waals surface area contributed by atoms with Gasteiger partial charge in [-0.05, 0) is 12.1 Å². The lowest BCUT2D eigenvalue weighted by molar-refractivity contribution is 0.0591. The van der Waals surface area contributed by atoms with Crippen LogP contribution in [0.15, 0.2) is 18.3 Å². The Morgan fingerprint density at radius 3 is 2.85 bits per heavy atom. The number of Topliss-reactive ketones (excluding diaryl/α,β-unsaturated/α-hetero) is 1. The fraction of sp³-hybridized carbons (Fsp3) is 0.250. The van der Waals surface area contributed by atoms with Gasteiger partial charge in [0.05, 0.1) is 19.3 Å². The Bertz CT molecular complexity index is 627. The molecule has 0 fully saturated rings. The number of aromatic nitrogens is 3. The van der Waals surface area contributed by atoms with Gasteiger partial charge in [-0.1, -0.05) is 11.3 Å². The number of hydrogen-bond donors (Lipinski definition) is 1. The topological polar surface area (TPSA) is 94.1 Å². The highest BCUT2D eigenvalue weighted by atomic mass is 32.1. The molecule has 0 unspecified atom stereocenters. The largest absolute Gasteiger partial charge is 0.464 e. The summed E-state index contributed by atoms with van der Waals surface area (Å²) in [6.45, 7) is 1.78. The summed E-state index contributed by atoms with van der Waals surface area (Å²) in [6, 6.07) is 3.58. The number of ether oxygens (including phenoxy) is 1. The molecule has 0 bridgehead atoms. The summed E-state index contributed by atoms with van der Waals surface area (Å²) in [5.74, 6) is -0.852. The summed E-state index contributed by atoms with van der Waals surface area (Å²) < 4.78 is 4.61. The first-order valence-corrected chi connectivity index (χ1v) is 6.54. The number of ketones is 1. The first-order valence-electron chi connectivity index (χ1n) is 5.72. The number of esters is 1. The van der Waals surface area contributed by atoms with Crippen molar-refractivity contribution in [1.29, 1.82) is 0 Å². The summed E-state index contributed by atoms with van der Waals surface area (Å²) in [7, 11) is 1.25. The van der Waals surface area contributed by atoms with Gasteiger partial charge in [-0.25, -0.2) is 9.78 Å². The van der Waals surface area contributed by atoms with Crippen molar-refractivity contribution in [2.45, 2.75) is 13.5 Å². The van der Waals surface area contributed by atoms with Crippen LogP contribution in [0.25, 0.3) is 0 Å². The zero-order valence-electron chi connectivity index (χ0n) is 10.9. The van der Waals surface area contributed by atoms with Crippen molar-refractivity contribution in [3.8, 4) is 0 Å². The molecule has 0 aliphatic carbocycles. The van der Waals surface area contributed by atoms with Crippen molar-refractivity contribution in [3.05, 3.63) is 34.6 Å². The number of nitrogens with one attached hydrogen (secondary N) is 1. The zero-order valence-corrected chi connectivity index (χ0v) is 11.7. The molecule has 0 radical (unpaired) electrons. The Morgan fingerprint density at radius 2 is 2.25 bits per heavy atom. The highest BCUT2D eigenvalue weighted by molar-refractivity contribution is 7.17. The van der Waals surface area contributed by atoms with Crippen LogP contribution >= 0.6 is 11.3 Å². The third kappa shape index (κ3) is 3.15. The Balaban J connectivity index is 2.17. The summed E-state index contributed by atoms with van der Waals surface area (Å²) in [6.07, 6.45) is 1.58. The molecule has 8 heteroatoms. The van der Waals surface area contributed by atoms with E-state index in [9.17, 15) is 9.59 Å². The van der Waals surface area contributed by atoms with Gasteiger partial charge in [0.15, 0.2) is 16.6 Å². The van der Waals surface area contributed by atoms with Gasteiger partial charge in [0.2, 0.25) is 0 Å². The standard InChI is InChI=1S/C12H12N4O3S/c1-7(17)10-9(11(18)19-2)15-12(20-10)13-6-8-4-3-5-14-16-8/h3-5H,6H2,1-2H3,(H,13,15). The Hall–Kier alpha value is -2.35. The van der Waals surface area contributed by atoms with E-state index < -0.39 is 5.97 Å². The molecular formula is C12H12N4O3S. The number of carbonyl (C=O) groups excluding carboxylic acids is 2. The molecule has 2 aromatic rings. The molecule has 0 aliphatic rings. The second-order valence-electron chi connectivity index (χ2n) is 3.81. The maximum atomic E-state index is 11.5. The van der Waals surface area contributed by atoms with E-state index in [-0.39, 0.29) is 16.4 Å². The number of carbonyl (C=O) groups is 2. The Labute approximate surface area is 119 Å². The minimum atomic E-state index is -0.626. The average molecular weight is 292 g/mol. The normalized spacial score (nSPS) is 10.1. The van der Waals surface area contributed by atoms with Gasteiger partial charge < -0.3 is 10.1 Å². The molecule has 2 rings (SSSR count). The van der Waals surface area contributed by atoms with Gasteiger partial charge in [-0.2, -0.15) is 10.2 Å². The summed E-state index contributed by atoms with van der Waals surface area (Å²) in [5.41, 5.74) is 0.762. The third-order valence-electron chi connectivity index (χ3n) is 2.37. The Morgan fingerprint density at radius 1 is 1.45 bits per heavy atom. The SMILES string of the molecule is COC(=O)c1nc(NCc2cccnn2)sc1C(C)=O. The Kier molecular flexibility index (Phi) is 4.36. The lowest BCUT2D eigenvalue weighted by Crippen LogP contribution is -2.07. The van der Waals surface area contributed by atoms with E-state index in [1.807, 2.05) is 0 Å².